The molecular weight excluding hydrogens is 292 g/mol. The van der Waals surface area contributed by atoms with Crippen molar-refractivity contribution in [3.05, 3.63) is 47.0 Å². The third-order valence-corrected chi connectivity index (χ3v) is 6.08. The van der Waals surface area contributed by atoms with E-state index in [9.17, 15) is 0 Å². The Hall–Kier alpha value is -1.12. The third-order valence-electron chi connectivity index (χ3n) is 6.08. The molecular formula is C22H34N2. The van der Waals surface area contributed by atoms with Gasteiger partial charge in [-0.3, -0.25) is 4.90 Å². The van der Waals surface area contributed by atoms with Crippen LogP contribution in [-0.4, -0.2) is 42.5 Å². The second-order valence-electron chi connectivity index (χ2n) is 8.35. The van der Waals surface area contributed by atoms with Gasteiger partial charge in [0.05, 0.1) is 0 Å². The molecule has 1 heterocycles. The molecule has 0 unspecified atom stereocenters. The van der Waals surface area contributed by atoms with Gasteiger partial charge in [0.2, 0.25) is 0 Å². The van der Waals surface area contributed by atoms with Gasteiger partial charge in [0.25, 0.3) is 0 Å². The van der Waals surface area contributed by atoms with E-state index in [0.29, 0.717) is 5.41 Å². The van der Waals surface area contributed by atoms with E-state index in [1.807, 2.05) is 0 Å². The molecule has 0 amide bonds. The summed E-state index contributed by atoms with van der Waals surface area (Å²) in [5.74, 6) is 0. The zero-order valence-corrected chi connectivity index (χ0v) is 15.9. The summed E-state index contributed by atoms with van der Waals surface area (Å²) in [4.78, 5) is 5.27. The maximum absolute atomic E-state index is 2.67. The Morgan fingerprint density at radius 2 is 1.62 bits per heavy atom. The van der Waals surface area contributed by atoms with E-state index >= 15 is 0 Å². The van der Waals surface area contributed by atoms with Crippen LogP contribution in [0.4, 0.5) is 0 Å². The highest BCUT2D eigenvalue weighted by Crippen LogP contribution is 2.41. The van der Waals surface area contributed by atoms with Crippen LogP contribution >= 0.6 is 0 Å². The van der Waals surface area contributed by atoms with Crippen molar-refractivity contribution in [2.75, 3.05) is 32.7 Å². The molecule has 0 saturated carbocycles. The Labute approximate surface area is 148 Å². The van der Waals surface area contributed by atoms with Crippen LogP contribution in [0.25, 0.3) is 0 Å². The molecule has 1 aliphatic heterocycles. The summed E-state index contributed by atoms with van der Waals surface area (Å²) in [5, 5.41) is 0. The third kappa shape index (κ3) is 4.49. The minimum atomic E-state index is 0.428. The van der Waals surface area contributed by atoms with E-state index in [-0.39, 0.29) is 0 Å². The number of hydrogen-bond acceptors (Lipinski definition) is 2. The topological polar surface area (TPSA) is 6.48 Å². The van der Waals surface area contributed by atoms with Gasteiger partial charge >= 0.3 is 0 Å². The van der Waals surface area contributed by atoms with Gasteiger partial charge in [0.15, 0.2) is 0 Å². The van der Waals surface area contributed by atoms with Gasteiger partial charge in [-0.25, -0.2) is 0 Å². The number of rotatable bonds is 5. The molecule has 1 aliphatic carbocycles. The van der Waals surface area contributed by atoms with Crippen LogP contribution in [0.3, 0.4) is 0 Å². The summed E-state index contributed by atoms with van der Waals surface area (Å²) in [5.41, 5.74) is 5.29. The van der Waals surface area contributed by atoms with E-state index in [1.54, 1.807) is 11.1 Å². The summed E-state index contributed by atoms with van der Waals surface area (Å²) < 4.78 is 0. The number of hydrogen-bond donors (Lipinski definition) is 0. The summed E-state index contributed by atoms with van der Waals surface area (Å²) in [6, 6.07) is 10.9. The zero-order chi connectivity index (χ0) is 17.0. The van der Waals surface area contributed by atoms with Crippen molar-refractivity contribution < 1.29 is 0 Å². The molecule has 0 aromatic heterocycles. The van der Waals surface area contributed by atoms with E-state index in [0.717, 1.165) is 6.54 Å². The van der Waals surface area contributed by atoms with Crippen molar-refractivity contribution in [1.29, 1.82) is 0 Å². The first-order valence-corrected chi connectivity index (χ1v) is 9.72. The average Bonchev–Trinajstić information content (AvgIpc) is 2.56. The minimum Gasteiger partial charge on any atom is -0.300 e. The molecule has 3 rings (SSSR count). The SMILES string of the molecule is CC1=C(CCN2CCN(Cc3ccccc3)CC2)C(C)(C)CCC1. The maximum atomic E-state index is 2.67. The minimum absolute atomic E-state index is 0.428. The molecule has 2 aliphatic rings. The van der Waals surface area contributed by atoms with Gasteiger partial charge in [-0.05, 0) is 43.6 Å². The van der Waals surface area contributed by atoms with Gasteiger partial charge in [-0.2, -0.15) is 0 Å². The Bertz CT molecular complexity index is 551. The van der Waals surface area contributed by atoms with Crippen molar-refractivity contribution in [3.63, 3.8) is 0 Å². The van der Waals surface area contributed by atoms with Crippen LogP contribution < -0.4 is 0 Å². The highest BCUT2D eigenvalue weighted by atomic mass is 15.3. The molecule has 1 aromatic rings. The zero-order valence-electron chi connectivity index (χ0n) is 15.9. The molecule has 132 valence electrons. The average molecular weight is 327 g/mol. The second-order valence-corrected chi connectivity index (χ2v) is 8.35. The Morgan fingerprint density at radius 1 is 0.958 bits per heavy atom. The van der Waals surface area contributed by atoms with Crippen LogP contribution in [0.5, 0.6) is 0 Å². The van der Waals surface area contributed by atoms with Gasteiger partial charge in [-0.1, -0.05) is 55.3 Å². The standard InChI is InChI=1S/C22H34N2/c1-19-8-7-12-22(2,3)21(19)11-13-23-14-16-24(17-15-23)18-20-9-5-4-6-10-20/h4-6,9-10H,7-8,11-18H2,1-3H3. The summed E-state index contributed by atoms with van der Waals surface area (Å²) in [6.45, 7) is 14.5. The quantitative estimate of drug-likeness (QED) is 0.722. The molecule has 0 radical (unpaired) electrons. The Balaban J connectivity index is 1.46. The lowest BCUT2D eigenvalue weighted by Gasteiger charge is -2.38. The molecule has 1 saturated heterocycles. The highest BCUT2D eigenvalue weighted by Gasteiger charge is 2.28. The Morgan fingerprint density at radius 3 is 2.29 bits per heavy atom. The maximum Gasteiger partial charge on any atom is 0.0234 e. The molecule has 0 atom stereocenters. The molecule has 1 fully saturated rings. The van der Waals surface area contributed by atoms with Gasteiger partial charge < -0.3 is 4.90 Å². The van der Waals surface area contributed by atoms with E-state index < -0.39 is 0 Å². The fraction of sp³-hybridized carbons (Fsp3) is 0.636. The normalized spacial score (nSPS) is 22.8. The first-order valence-electron chi connectivity index (χ1n) is 9.72. The number of piperazine rings is 1. The lowest BCUT2D eigenvalue weighted by Crippen LogP contribution is -2.46. The van der Waals surface area contributed by atoms with Crippen molar-refractivity contribution in [2.24, 2.45) is 5.41 Å². The van der Waals surface area contributed by atoms with Crippen molar-refractivity contribution in [2.45, 2.75) is 53.0 Å². The van der Waals surface area contributed by atoms with Crippen molar-refractivity contribution in [1.82, 2.24) is 9.80 Å². The molecule has 1 aromatic carbocycles. The van der Waals surface area contributed by atoms with Crippen LogP contribution in [0, 0.1) is 5.41 Å². The largest absolute Gasteiger partial charge is 0.300 e. The number of nitrogens with zero attached hydrogens (tertiary/aromatic N) is 2. The second kappa shape index (κ2) is 7.84. The van der Waals surface area contributed by atoms with Crippen LogP contribution in [0.2, 0.25) is 0 Å². The first kappa shape index (κ1) is 17.7. The fourth-order valence-corrected chi connectivity index (χ4v) is 4.51. The van der Waals surface area contributed by atoms with Gasteiger partial charge in [0.1, 0.15) is 0 Å². The number of allylic oxidation sites excluding steroid dienone is 1. The predicted octanol–water partition coefficient (Wildman–Crippen LogP) is 4.72. The highest BCUT2D eigenvalue weighted by molar-refractivity contribution is 5.22. The van der Waals surface area contributed by atoms with Crippen LogP contribution in [0.15, 0.2) is 41.5 Å². The Kier molecular flexibility index (Phi) is 5.78. The van der Waals surface area contributed by atoms with Crippen molar-refractivity contribution >= 4 is 0 Å². The lowest BCUT2D eigenvalue weighted by molar-refractivity contribution is 0.126. The van der Waals surface area contributed by atoms with Gasteiger partial charge in [-0.15, -0.1) is 0 Å². The van der Waals surface area contributed by atoms with Gasteiger partial charge in [0, 0.05) is 39.3 Å². The summed E-state index contributed by atoms with van der Waals surface area (Å²) >= 11 is 0. The molecule has 2 nitrogen and oxygen atoms in total. The molecule has 2 heteroatoms. The van der Waals surface area contributed by atoms with E-state index in [2.05, 4.69) is 60.9 Å². The first-order chi connectivity index (χ1) is 11.5. The molecule has 24 heavy (non-hydrogen) atoms. The van der Waals surface area contributed by atoms with E-state index in [1.165, 1.54) is 64.0 Å². The number of benzene rings is 1. The lowest BCUT2D eigenvalue weighted by atomic mass is 9.71. The van der Waals surface area contributed by atoms with Crippen LogP contribution in [0.1, 0.15) is 52.0 Å². The van der Waals surface area contributed by atoms with E-state index in [4.69, 9.17) is 0 Å². The van der Waals surface area contributed by atoms with Crippen molar-refractivity contribution in [3.8, 4) is 0 Å². The smallest absolute Gasteiger partial charge is 0.0234 e. The predicted molar refractivity (Wildman–Crippen MR) is 103 cm³/mol. The summed E-state index contributed by atoms with van der Waals surface area (Å²) in [6.07, 6.45) is 5.34. The molecule has 0 N–H and O–H groups in total. The fourth-order valence-electron chi connectivity index (χ4n) is 4.51. The summed E-state index contributed by atoms with van der Waals surface area (Å²) in [7, 11) is 0. The van der Waals surface area contributed by atoms with Crippen LogP contribution in [-0.2, 0) is 6.54 Å². The monoisotopic (exact) mass is 326 g/mol. The molecule has 0 spiro atoms. The molecule has 0 bridgehead atoms.